The van der Waals surface area contributed by atoms with Crippen LogP contribution in [0.4, 0.5) is 20.2 Å². The van der Waals surface area contributed by atoms with Crippen molar-refractivity contribution in [3.05, 3.63) is 52.5 Å². The van der Waals surface area contributed by atoms with Crippen LogP contribution in [0.3, 0.4) is 0 Å². The smallest absolute Gasteiger partial charge is 0.387 e. The largest absolute Gasteiger partial charge is 0.433 e. The van der Waals surface area contributed by atoms with Crippen molar-refractivity contribution in [3.63, 3.8) is 0 Å². The van der Waals surface area contributed by atoms with Crippen molar-refractivity contribution < 1.29 is 13.5 Å². The van der Waals surface area contributed by atoms with E-state index >= 15 is 0 Å². The number of ether oxygens (including phenoxy) is 1. The van der Waals surface area contributed by atoms with Gasteiger partial charge in [0, 0.05) is 10.2 Å². The van der Waals surface area contributed by atoms with E-state index in [1.807, 2.05) is 6.07 Å². The fourth-order valence-corrected chi connectivity index (χ4v) is 2.08. The van der Waals surface area contributed by atoms with E-state index in [1.54, 1.807) is 36.4 Å². The summed E-state index contributed by atoms with van der Waals surface area (Å²) in [6, 6.07) is 13.4. The maximum absolute atomic E-state index is 12.3. The Kier molecular flexibility index (Phi) is 4.53. The first-order valence-corrected chi connectivity index (χ1v) is 6.40. The molecule has 2 aromatic rings. The molecule has 0 spiro atoms. The topological polar surface area (TPSA) is 45.0 Å². The highest BCUT2D eigenvalue weighted by Crippen LogP contribution is 2.30. The minimum absolute atomic E-state index is 0.0583. The lowest BCUT2D eigenvalue weighted by Gasteiger charge is -2.12. The highest BCUT2D eigenvalue weighted by atomic mass is 79.9. The first kappa shape index (κ1) is 14.3. The van der Waals surface area contributed by atoms with Crippen LogP contribution in [0.2, 0.25) is 0 Å². The van der Waals surface area contributed by atoms with Crippen molar-refractivity contribution in [2.75, 3.05) is 5.32 Å². The molecule has 2 aromatic carbocycles. The van der Waals surface area contributed by atoms with E-state index in [4.69, 9.17) is 5.26 Å². The molecular formula is C14H9BrF2N2O. The van der Waals surface area contributed by atoms with Crippen molar-refractivity contribution in [2.45, 2.75) is 6.61 Å². The van der Waals surface area contributed by atoms with E-state index in [-0.39, 0.29) is 5.75 Å². The number of benzene rings is 2. The van der Waals surface area contributed by atoms with Gasteiger partial charge in [0.1, 0.15) is 11.8 Å². The van der Waals surface area contributed by atoms with Crippen LogP contribution in [0.5, 0.6) is 5.75 Å². The molecule has 0 aliphatic carbocycles. The quantitative estimate of drug-likeness (QED) is 0.881. The number of hydrogen-bond donors (Lipinski definition) is 1. The first-order valence-electron chi connectivity index (χ1n) is 5.60. The Bertz CT molecular complexity index is 656. The van der Waals surface area contributed by atoms with Crippen LogP contribution in [-0.2, 0) is 0 Å². The van der Waals surface area contributed by atoms with Crippen molar-refractivity contribution >= 4 is 27.3 Å². The van der Waals surface area contributed by atoms with Crippen molar-refractivity contribution in [2.24, 2.45) is 0 Å². The molecule has 102 valence electrons. The molecule has 0 aliphatic heterocycles. The molecule has 0 amide bonds. The van der Waals surface area contributed by atoms with E-state index in [9.17, 15) is 8.78 Å². The second-order valence-corrected chi connectivity index (χ2v) is 4.66. The maximum atomic E-state index is 12.3. The zero-order chi connectivity index (χ0) is 14.5. The summed E-state index contributed by atoms with van der Waals surface area (Å²) in [6.45, 7) is -2.88. The van der Waals surface area contributed by atoms with Gasteiger partial charge in [-0.15, -0.1) is 0 Å². The highest BCUT2D eigenvalue weighted by Gasteiger charge is 2.09. The van der Waals surface area contributed by atoms with E-state index in [0.29, 0.717) is 21.4 Å². The number of anilines is 2. The fraction of sp³-hybridized carbons (Fsp3) is 0.0714. The van der Waals surface area contributed by atoms with E-state index in [0.717, 1.165) is 0 Å². The molecule has 3 nitrogen and oxygen atoms in total. The molecule has 1 N–H and O–H groups in total. The molecule has 0 radical (unpaired) electrons. The molecule has 20 heavy (non-hydrogen) atoms. The van der Waals surface area contributed by atoms with E-state index in [1.165, 1.54) is 6.07 Å². The standard InChI is InChI=1S/C14H9BrF2N2O/c15-11-7-10(6-5-9(11)8-18)19-12-3-1-2-4-13(12)20-14(16)17/h1-7,14,19H. The van der Waals surface area contributed by atoms with Gasteiger partial charge in [-0.1, -0.05) is 12.1 Å². The van der Waals surface area contributed by atoms with Crippen LogP contribution in [0.25, 0.3) is 0 Å². The van der Waals surface area contributed by atoms with Crippen LogP contribution in [0.1, 0.15) is 5.56 Å². The van der Waals surface area contributed by atoms with Gasteiger partial charge in [-0.3, -0.25) is 0 Å². The number of rotatable bonds is 4. The van der Waals surface area contributed by atoms with Gasteiger partial charge in [0.2, 0.25) is 0 Å². The zero-order valence-electron chi connectivity index (χ0n) is 10.1. The molecule has 0 atom stereocenters. The normalized spacial score (nSPS) is 10.2. The number of para-hydroxylation sites is 2. The summed E-state index contributed by atoms with van der Waals surface area (Å²) in [4.78, 5) is 0. The SMILES string of the molecule is N#Cc1ccc(Nc2ccccc2OC(F)F)cc1Br. The Hall–Kier alpha value is -2.13. The van der Waals surface area contributed by atoms with Gasteiger partial charge in [0.15, 0.2) is 0 Å². The van der Waals surface area contributed by atoms with Gasteiger partial charge in [-0.2, -0.15) is 14.0 Å². The van der Waals surface area contributed by atoms with Crippen LogP contribution in [0.15, 0.2) is 46.9 Å². The van der Waals surface area contributed by atoms with Gasteiger partial charge in [0.05, 0.1) is 11.3 Å². The second-order valence-electron chi connectivity index (χ2n) is 3.81. The Labute approximate surface area is 122 Å². The van der Waals surface area contributed by atoms with Crippen molar-refractivity contribution in [1.82, 2.24) is 0 Å². The minimum atomic E-state index is -2.88. The molecule has 0 bridgehead atoms. The van der Waals surface area contributed by atoms with Gasteiger partial charge in [-0.05, 0) is 46.3 Å². The molecule has 2 rings (SSSR count). The molecule has 0 saturated heterocycles. The minimum Gasteiger partial charge on any atom is -0.433 e. The summed E-state index contributed by atoms with van der Waals surface area (Å²) in [5.41, 5.74) is 1.57. The third kappa shape index (κ3) is 3.45. The van der Waals surface area contributed by atoms with Crippen molar-refractivity contribution in [1.29, 1.82) is 5.26 Å². The van der Waals surface area contributed by atoms with Gasteiger partial charge >= 0.3 is 6.61 Å². The molecule has 0 unspecified atom stereocenters. The molecule has 0 aromatic heterocycles. The summed E-state index contributed by atoms with van der Waals surface area (Å²) in [5, 5.41) is 11.8. The zero-order valence-corrected chi connectivity index (χ0v) is 11.7. The van der Waals surface area contributed by atoms with Crippen LogP contribution in [-0.4, -0.2) is 6.61 Å². The molecule has 0 aliphatic rings. The molecule has 6 heteroatoms. The molecule has 0 fully saturated rings. The number of alkyl halides is 2. The molecule has 0 heterocycles. The Morgan fingerprint density at radius 2 is 1.95 bits per heavy atom. The lowest BCUT2D eigenvalue weighted by Crippen LogP contribution is -2.04. The summed E-state index contributed by atoms with van der Waals surface area (Å²) < 4.78 is 29.7. The average Bonchev–Trinajstić information content (AvgIpc) is 2.41. The summed E-state index contributed by atoms with van der Waals surface area (Å²) in [6.07, 6.45) is 0. The number of hydrogen-bond acceptors (Lipinski definition) is 3. The van der Waals surface area contributed by atoms with Crippen LogP contribution >= 0.6 is 15.9 Å². The third-order valence-corrected chi connectivity index (χ3v) is 3.13. The van der Waals surface area contributed by atoms with E-state index in [2.05, 4.69) is 26.0 Å². The summed E-state index contributed by atoms with van der Waals surface area (Å²) in [7, 11) is 0. The third-order valence-electron chi connectivity index (χ3n) is 2.47. The predicted molar refractivity (Wildman–Crippen MR) is 75.2 cm³/mol. The summed E-state index contributed by atoms with van der Waals surface area (Å²) >= 11 is 3.27. The van der Waals surface area contributed by atoms with E-state index < -0.39 is 6.61 Å². The van der Waals surface area contributed by atoms with Crippen LogP contribution < -0.4 is 10.1 Å². The first-order chi connectivity index (χ1) is 9.60. The van der Waals surface area contributed by atoms with Gasteiger partial charge in [0.25, 0.3) is 0 Å². The maximum Gasteiger partial charge on any atom is 0.387 e. The number of nitriles is 1. The van der Waals surface area contributed by atoms with Crippen molar-refractivity contribution in [3.8, 4) is 11.8 Å². The fourth-order valence-electron chi connectivity index (χ4n) is 1.61. The lowest BCUT2D eigenvalue weighted by atomic mass is 10.2. The number of nitrogens with one attached hydrogen (secondary N) is 1. The van der Waals surface area contributed by atoms with Gasteiger partial charge in [-0.25, -0.2) is 0 Å². The van der Waals surface area contributed by atoms with Gasteiger partial charge < -0.3 is 10.1 Å². The number of halogens is 3. The molecular weight excluding hydrogens is 330 g/mol. The Morgan fingerprint density at radius 1 is 1.20 bits per heavy atom. The Morgan fingerprint density at radius 3 is 2.60 bits per heavy atom. The Balaban J connectivity index is 2.26. The summed E-state index contributed by atoms with van der Waals surface area (Å²) in [5.74, 6) is 0.0583. The second kappa shape index (κ2) is 6.35. The number of nitrogens with zero attached hydrogens (tertiary/aromatic N) is 1. The lowest BCUT2D eigenvalue weighted by molar-refractivity contribution is -0.0493. The van der Waals surface area contributed by atoms with Crippen LogP contribution in [0, 0.1) is 11.3 Å². The highest BCUT2D eigenvalue weighted by molar-refractivity contribution is 9.10. The average molecular weight is 339 g/mol. The molecule has 0 saturated carbocycles. The monoisotopic (exact) mass is 338 g/mol. The predicted octanol–water partition coefficient (Wildman–Crippen LogP) is 4.67.